The molecule has 2 unspecified atom stereocenters. The van der Waals surface area contributed by atoms with Gasteiger partial charge in [0.1, 0.15) is 4.32 Å². The van der Waals surface area contributed by atoms with Crippen molar-refractivity contribution in [3.8, 4) is 0 Å². The summed E-state index contributed by atoms with van der Waals surface area (Å²) in [6, 6.07) is 0. The molecule has 4 rings (SSSR count). The van der Waals surface area contributed by atoms with Crippen LogP contribution >= 0.6 is 35.7 Å². The molecule has 8 heteroatoms. The van der Waals surface area contributed by atoms with Crippen LogP contribution in [0, 0.1) is 17.8 Å². The van der Waals surface area contributed by atoms with Crippen molar-refractivity contribution < 1.29 is 14.7 Å². The zero-order valence-corrected chi connectivity index (χ0v) is 21.3. The highest BCUT2D eigenvalue weighted by Gasteiger charge is 2.41. The van der Waals surface area contributed by atoms with Crippen molar-refractivity contribution in [1.29, 1.82) is 0 Å². The van der Waals surface area contributed by atoms with Crippen LogP contribution in [0.25, 0.3) is 0 Å². The van der Waals surface area contributed by atoms with Crippen LogP contribution in [-0.4, -0.2) is 56.5 Å². The molecule has 0 radical (unpaired) electrons. The molecule has 2 atom stereocenters. The molecule has 2 aliphatic carbocycles. The number of thiocarbonyl (C=S) groups is 1. The molecule has 4 aliphatic rings. The van der Waals surface area contributed by atoms with Crippen LogP contribution in [0.5, 0.6) is 0 Å². The van der Waals surface area contributed by atoms with Crippen LogP contribution in [0.4, 0.5) is 0 Å². The number of carboxylic acids is 1. The van der Waals surface area contributed by atoms with Crippen molar-refractivity contribution in [3.63, 3.8) is 0 Å². The molecule has 1 amide bonds. The van der Waals surface area contributed by atoms with Crippen LogP contribution in [0.15, 0.2) is 21.6 Å². The lowest BCUT2D eigenvalue weighted by molar-refractivity contribution is -0.144. The van der Waals surface area contributed by atoms with E-state index in [1.165, 1.54) is 43.9 Å². The second kappa shape index (κ2) is 11.0. The minimum Gasteiger partial charge on any atom is -0.481 e. The van der Waals surface area contributed by atoms with Gasteiger partial charge in [-0.05, 0) is 56.1 Å². The number of nitrogens with zero attached hydrogens (tertiary/aromatic N) is 2. The number of carboxylic acid groups (broad SMARTS) is 1. The van der Waals surface area contributed by atoms with E-state index in [9.17, 15) is 14.7 Å². The van der Waals surface area contributed by atoms with Gasteiger partial charge in [0.2, 0.25) is 0 Å². The fourth-order valence-electron chi connectivity index (χ4n) is 5.54. The molecule has 2 saturated heterocycles. The number of hydrogen-bond acceptors (Lipinski definition) is 6. The second-order valence-corrected chi connectivity index (χ2v) is 12.1. The molecule has 0 spiro atoms. The molecule has 4 fully saturated rings. The van der Waals surface area contributed by atoms with Gasteiger partial charge in [0, 0.05) is 25.4 Å². The van der Waals surface area contributed by atoms with E-state index in [1.807, 2.05) is 4.90 Å². The van der Waals surface area contributed by atoms with Gasteiger partial charge in [-0.25, -0.2) is 0 Å². The van der Waals surface area contributed by atoms with Gasteiger partial charge in [-0.3, -0.25) is 14.5 Å². The van der Waals surface area contributed by atoms with Crippen molar-refractivity contribution in [2.45, 2.75) is 64.7 Å². The predicted octanol–water partition coefficient (Wildman–Crippen LogP) is 5.48. The molecule has 0 aromatic heterocycles. The van der Waals surface area contributed by atoms with E-state index in [2.05, 4.69) is 17.9 Å². The first-order valence-electron chi connectivity index (χ1n) is 12.1. The quantitative estimate of drug-likeness (QED) is 0.387. The Balaban J connectivity index is 1.69. The minimum atomic E-state index is -0.741. The number of carbonyl (C=O) groups excluding carboxylic acids is 1. The van der Waals surface area contributed by atoms with Gasteiger partial charge in [-0.15, -0.1) is 11.8 Å². The van der Waals surface area contributed by atoms with Gasteiger partial charge in [0.05, 0.1) is 15.9 Å². The number of aliphatic carboxylic acids is 1. The molecule has 2 heterocycles. The van der Waals surface area contributed by atoms with Gasteiger partial charge >= 0.3 is 5.97 Å². The Labute approximate surface area is 205 Å². The van der Waals surface area contributed by atoms with Gasteiger partial charge in [-0.1, -0.05) is 56.1 Å². The summed E-state index contributed by atoms with van der Waals surface area (Å²) >= 11 is 8.88. The van der Waals surface area contributed by atoms with Crippen LogP contribution in [0.1, 0.15) is 64.7 Å². The molecule has 2 aliphatic heterocycles. The molecule has 0 aromatic carbocycles. The Morgan fingerprint density at radius 1 is 1.12 bits per heavy atom. The number of thioether (sulfide) groups is 2. The smallest absolute Gasteiger partial charge is 0.307 e. The lowest BCUT2D eigenvalue weighted by atomic mass is 9.75. The van der Waals surface area contributed by atoms with Crippen LogP contribution in [0.2, 0.25) is 0 Å². The van der Waals surface area contributed by atoms with E-state index in [-0.39, 0.29) is 11.8 Å². The highest BCUT2D eigenvalue weighted by Crippen LogP contribution is 2.45. The lowest BCUT2D eigenvalue weighted by Gasteiger charge is -2.31. The normalized spacial score (nSPS) is 30.5. The average Bonchev–Trinajstić information content (AvgIpc) is 3.37. The summed E-state index contributed by atoms with van der Waals surface area (Å²) in [6.07, 6.45) is 11.7. The monoisotopic (exact) mass is 494 g/mol. The van der Waals surface area contributed by atoms with Crippen molar-refractivity contribution >= 4 is 51.9 Å². The van der Waals surface area contributed by atoms with Crippen molar-refractivity contribution in [1.82, 2.24) is 9.80 Å². The maximum absolute atomic E-state index is 13.6. The van der Waals surface area contributed by atoms with Crippen molar-refractivity contribution in [3.05, 3.63) is 21.6 Å². The fraction of sp³-hybridized carbons (Fsp3) is 0.708. The van der Waals surface area contributed by atoms with E-state index in [1.54, 1.807) is 11.8 Å². The number of amides is 1. The van der Waals surface area contributed by atoms with E-state index in [0.29, 0.717) is 28.1 Å². The molecule has 1 N–H and O–H groups in total. The topological polar surface area (TPSA) is 60.9 Å². The third-order valence-electron chi connectivity index (χ3n) is 7.34. The number of allylic oxidation sites excluding steroid dienone is 2. The summed E-state index contributed by atoms with van der Waals surface area (Å²) in [5.41, 5.74) is 0.920. The first-order chi connectivity index (χ1) is 15.5. The predicted molar refractivity (Wildman–Crippen MR) is 136 cm³/mol. The summed E-state index contributed by atoms with van der Waals surface area (Å²) in [5, 5.41) is 11.1. The third kappa shape index (κ3) is 5.22. The summed E-state index contributed by atoms with van der Waals surface area (Å²) in [6.45, 7) is 4.77. The first kappa shape index (κ1) is 24.1. The minimum absolute atomic E-state index is 0.00168. The standard InChI is InChI=1S/C24H34N2O3S3/c1-2-25-12-13-31-20(25)14-19(17-10-6-7-11-18(17)23(28)29)21-22(27)26(24(30)32-21)15-16-8-4-3-5-9-16/h14,16-18H,2-13,15H2,1H3,(H,28,29)/b20-14?,21-19-. The third-order valence-corrected chi connectivity index (χ3v) is 9.88. The van der Waals surface area contributed by atoms with Gasteiger partial charge in [0.15, 0.2) is 0 Å². The summed E-state index contributed by atoms with van der Waals surface area (Å²) < 4.78 is 0.639. The number of carbonyl (C=O) groups is 2. The van der Waals surface area contributed by atoms with Crippen molar-refractivity contribution in [2.75, 3.05) is 25.4 Å². The Hall–Kier alpha value is -0.990. The Kier molecular flexibility index (Phi) is 8.27. The van der Waals surface area contributed by atoms with Gasteiger partial charge in [-0.2, -0.15) is 0 Å². The summed E-state index contributed by atoms with van der Waals surface area (Å²) in [7, 11) is 0. The molecular weight excluding hydrogens is 460 g/mol. The van der Waals surface area contributed by atoms with Crippen LogP contribution < -0.4 is 0 Å². The molecule has 176 valence electrons. The van der Waals surface area contributed by atoms with E-state index in [4.69, 9.17) is 12.2 Å². The van der Waals surface area contributed by atoms with Crippen LogP contribution in [-0.2, 0) is 9.59 Å². The summed E-state index contributed by atoms with van der Waals surface area (Å²) in [4.78, 5) is 30.6. The molecule has 0 aromatic rings. The highest BCUT2D eigenvalue weighted by atomic mass is 32.2. The maximum Gasteiger partial charge on any atom is 0.307 e. The van der Waals surface area contributed by atoms with Gasteiger partial charge in [0.25, 0.3) is 5.91 Å². The average molecular weight is 495 g/mol. The Morgan fingerprint density at radius 2 is 1.81 bits per heavy atom. The maximum atomic E-state index is 13.6. The summed E-state index contributed by atoms with van der Waals surface area (Å²) in [5.74, 6) is 0.252. The molecule has 5 nitrogen and oxygen atoms in total. The van der Waals surface area contributed by atoms with E-state index in [0.717, 1.165) is 48.7 Å². The largest absolute Gasteiger partial charge is 0.481 e. The Morgan fingerprint density at radius 3 is 2.50 bits per heavy atom. The van der Waals surface area contributed by atoms with Crippen LogP contribution in [0.3, 0.4) is 0 Å². The molecule has 0 bridgehead atoms. The molecule has 32 heavy (non-hydrogen) atoms. The van der Waals surface area contributed by atoms with Crippen molar-refractivity contribution in [2.24, 2.45) is 17.8 Å². The molecule has 2 saturated carbocycles. The number of hydrogen-bond donors (Lipinski definition) is 1. The van der Waals surface area contributed by atoms with E-state index >= 15 is 0 Å². The van der Waals surface area contributed by atoms with E-state index < -0.39 is 11.9 Å². The number of rotatable bonds is 6. The fourth-order valence-corrected chi connectivity index (χ4v) is 8.05. The Bertz CT molecular complexity index is 819. The highest BCUT2D eigenvalue weighted by molar-refractivity contribution is 8.26. The molecular formula is C24H34N2O3S3. The van der Waals surface area contributed by atoms with Gasteiger partial charge < -0.3 is 10.0 Å². The lowest BCUT2D eigenvalue weighted by Crippen LogP contribution is -2.34. The second-order valence-electron chi connectivity index (χ2n) is 9.32. The zero-order valence-electron chi connectivity index (χ0n) is 18.9. The first-order valence-corrected chi connectivity index (χ1v) is 14.3. The zero-order chi connectivity index (χ0) is 22.7. The SMILES string of the molecule is CCN1CCSC1=C/C(=C1/SC(=S)N(CC2CCCCC2)C1=O)C1CCCCC1C(=O)O.